The standard InChI is InChI=1S/C25H36N4O5S.2C4H10/c1-5-9-21(26)23-17(3)25(31)28-24(27-23)20-14-19(10-11-22(20)33-6-2)35(4,32)29-15-18(16-29)34-13-8-7-12-30;2*1-3-4-2/h10-11,14,18,26,30H,4-9,12-13,15-16H2,1-3H3,(H,27,28,31);2*3-4H2,1-2H3. The van der Waals surface area contributed by atoms with Crippen LogP contribution in [0.2, 0.25) is 0 Å². The molecule has 2 aromatic rings. The van der Waals surface area contributed by atoms with E-state index in [1.807, 2.05) is 13.8 Å². The molecule has 3 N–H and O–H groups in total. The third-order valence-corrected chi connectivity index (χ3v) is 9.07. The predicted octanol–water partition coefficient (Wildman–Crippen LogP) is 6.39. The van der Waals surface area contributed by atoms with E-state index in [-0.39, 0.29) is 24.1 Å². The minimum Gasteiger partial charge on any atom is -0.493 e. The number of ether oxygens (including phenoxy) is 2. The van der Waals surface area contributed by atoms with Crippen LogP contribution in [-0.4, -0.2) is 74.2 Å². The lowest BCUT2D eigenvalue weighted by atomic mass is 10.1. The Morgan fingerprint density at radius 3 is 2.26 bits per heavy atom. The average molecular weight is 621 g/mol. The molecule has 0 saturated carbocycles. The fraction of sp³-hybridized carbons (Fsp3) is 0.636. The zero-order chi connectivity index (χ0) is 32.4. The monoisotopic (exact) mass is 620 g/mol. The number of benzene rings is 1. The normalized spacial score (nSPS) is 14.4. The number of aliphatic hydroxyl groups excluding tert-OH is 1. The summed E-state index contributed by atoms with van der Waals surface area (Å²) in [5, 5.41) is 17.2. The van der Waals surface area contributed by atoms with Gasteiger partial charge < -0.3 is 25.0 Å². The number of hydrogen-bond donors (Lipinski definition) is 3. The molecule has 0 radical (unpaired) electrons. The second-order valence-electron chi connectivity index (χ2n) is 10.6. The van der Waals surface area contributed by atoms with Gasteiger partial charge in [0.1, 0.15) is 11.6 Å². The Kier molecular flexibility index (Phi) is 18.3. The van der Waals surface area contributed by atoms with Gasteiger partial charge in [-0.1, -0.05) is 66.7 Å². The minimum atomic E-state index is -2.79. The third kappa shape index (κ3) is 11.8. The number of aromatic nitrogens is 2. The average Bonchev–Trinajstić information content (AvgIpc) is 2.97. The molecule has 0 amide bonds. The highest BCUT2D eigenvalue weighted by molar-refractivity contribution is 7.98. The van der Waals surface area contributed by atoms with Gasteiger partial charge in [0.2, 0.25) is 0 Å². The highest BCUT2D eigenvalue weighted by atomic mass is 32.2. The number of H-pyrrole nitrogens is 1. The topological polar surface area (TPSA) is 129 Å². The Morgan fingerprint density at radius 2 is 1.72 bits per heavy atom. The first-order chi connectivity index (χ1) is 20.5. The molecule has 1 aliphatic heterocycles. The molecular weight excluding hydrogens is 564 g/mol. The molecule has 0 spiro atoms. The van der Waals surface area contributed by atoms with Crippen LogP contribution in [-0.2, 0) is 14.4 Å². The number of hydrogen-bond acceptors (Lipinski definition) is 7. The van der Waals surface area contributed by atoms with Crippen LogP contribution < -0.4 is 10.3 Å². The molecule has 2 heterocycles. The van der Waals surface area contributed by atoms with E-state index in [1.54, 1.807) is 29.4 Å². The van der Waals surface area contributed by atoms with E-state index in [4.69, 9.17) is 20.0 Å². The SMILES string of the molecule is C=S(=O)(c1ccc(OCC)c(-c2nc(C(=N)CCC)c(C)c(=O)[nH]2)c1)N1CC(OCCCCO)C1.CCCC.CCCC. The zero-order valence-electron chi connectivity index (χ0n) is 27.6. The van der Waals surface area contributed by atoms with Crippen LogP contribution in [0.3, 0.4) is 0 Å². The Balaban J connectivity index is 0.00000103. The summed E-state index contributed by atoms with van der Waals surface area (Å²) in [4.78, 5) is 20.6. The molecule has 1 aliphatic rings. The van der Waals surface area contributed by atoms with Crippen molar-refractivity contribution in [1.29, 1.82) is 5.41 Å². The summed E-state index contributed by atoms with van der Waals surface area (Å²) < 4.78 is 27.0. The van der Waals surface area contributed by atoms with Gasteiger partial charge in [-0.15, -0.1) is 0 Å². The molecule has 0 aliphatic carbocycles. The van der Waals surface area contributed by atoms with Crippen molar-refractivity contribution in [2.24, 2.45) is 0 Å². The molecule has 3 rings (SSSR count). The van der Waals surface area contributed by atoms with Gasteiger partial charge >= 0.3 is 0 Å². The molecule has 1 atom stereocenters. The summed E-state index contributed by atoms with van der Waals surface area (Å²) in [7, 11) is -2.79. The molecule has 1 aromatic heterocycles. The molecule has 244 valence electrons. The number of aliphatic hydroxyl groups is 1. The van der Waals surface area contributed by atoms with Crippen LogP contribution in [0.5, 0.6) is 5.75 Å². The summed E-state index contributed by atoms with van der Waals surface area (Å²) in [5.74, 6) is 4.79. The first-order valence-corrected chi connectivity index (χ1v) is 17.5. The number of unbranched alkanes of at least 4 members (excludes halogenated alkanes) is 3. The molecule has 43 heavy (non-hydrogen) atoms. The van der Waals surface area contributed by atoms with Gasteiger partial charge in [-0.3, -0.25) is 4.79 Å². The van der Waals surface area contributed by atoms with Crippen LogP contribution in [0.4, 0.5) is 0 Å². The number of nitrogens with one attached hydrogen (secondary N) is 2. The second kappa shape index (κ2) is 20.4. The Bertz CT molecular complexity index is 1260. The molecular formula is C33H56N4O5S. The van der Waals surface area contributed by atoms with Gasteiger partial charge in [0.15, 0.2) is 0 Å². The molecule has 1 aromatic carbocycles. The lowest BCUT2D eigenvalue weighted by Gasteiger charge is -2.40. The molecule has 1 unspecified atom stereocenters. The molecule has 9 nitrogen and oxygen atoms in total. The van der Waals surface area contributed by atoms with Crippen molar-refractivity contribution in [1.82, 2.24) is 14.3 Å². The van der Waals surface area contributed by atoms with E-state index >= 15 is 0 Å². The summed E-state index contributed by atoms with van der Waals surface area (Å²) in [6, 6.07) is 5.15. The Hall–Kier alpha value is -2.53. The van der Waals surface area contributed by atoms with Gasteiger partial charge in [0, 0.05) is 36.8 Å². The van der Waals surface area contributed by atoms with E-state index in [0.717, 1.165) is 12.8 Å². The molecule has 1 fully saturated rings. The van der Waals surface area contributed by atoms with E-state index in [0.29, 0.717) is 72.3 Å². The van der Waals surface area contributed by atoms with Crippen molar-refractivity contribution >= 4 is 21.3 Å². The highest BCUT2D eigenvalue weighted by Crippen LogP contribution is 2.33. The van der Waals surface area contributed by atoms with E-state index in [1.165, 1.54) is 25.7 Å². The fourth-order valence-corrected chi connectivity index (χ4v) is 5.55. The number of nitrogens with zero attached hydrogens (tertiary/aromatic N) is 2. The summed E-state index contributed by atoms with van der Waals surface area (Å²) in [5.41, 5.74) is 1.24. The summed E-state index contributed by atoms with van der Waals surface area (Å²) in [6.07, 6.45) is 8.04. The summed E-state index contributed by atoms with van der Waals surface area (Å²) >= 11 is 0. The maximum atomic E-state index is 13.7. The molecule has 10 heteroatoms. The van der Waals surface area contributed by atoms with Crippen molar-refractivity contribution in [3.63, 3.8) is 0 Å². The predicted molar refractivity (Wildman–Crippen MR) is 180 cm³/mol. The first-order valence-electron chi connectivity index (χ1n) is 15.9. The first kappa shape index (κ1) is 38.5. The zero-order valence-corrected chi connectivity index (χ0v) is 28.4. The quantitative estimate of drug-likeness (QED) is 0.120. The van der Waals surface area contributed by atoms with Crippen molar-refractivity contribution in [3.8, 4) is 17.1 Å². The van der Waals surface area contributed by atoms with E-state index < -0.39 is 9.71 Å². The van der Waals surface area contributed by atoms with Crippen LogP contribution >= 0.6 is 0 Å². The largest absolute Gasteiger partial charge is 0.493 e. The maximum absolute atomic E-state index is 13.7. The van der Waals surface area contributed by atoms with Crippen LogP contribution in [0, 0.1) is 12.3 Å². The van der Waals surface area contributed by atoms with Gasteiger partial charge in [-0.25, -0.2) is 13.5 Å². The maximum Gasteiger partial charge on any atom is 0.254 e. The smallest absolute Gasteiger partial charge is 0.254 e. The van der Waals surface area contributed by atoms with Crippen molar-refractivity contribution in [2.75, 3.05) is 32.9 Å². The van der Waals surface area contributed by atoms with Gasteiger partial charge in [-0.2, -0.15) is 0 Å². The van der Waals surface area contributed by atoms with Crippen molar-refractivity contribution in [3.05, 3.63) is 39.8 Å². The van der Waals surface area contributed by atoms with Gasteiger partial charge in [0.05, 0.1) is 39.4 Å². The highest BCUT2D eigenvalue weighted by Gasteiger charge is 2.34. The van der Waals surface area contributed by atoms with Crippen molar-refractivity contribution < 1.29 is 18.8 Å². The third-order valence-electron chi connectivity index (χ3n) is 6.95. The number of rotatable bonds is 15. The van der Waals surface area contributed by atoms with E-state index in [2.05, 4.69) is 43.5 Å². The Morgan fingerprint density at radius 1 is 1.09 bits per heavy atom. The number of aromatic amines is 1. The second-order valence-corrected chi connectivity index (χ2v) is 12.9. The lowest BCUT2D eigenvalue weighted by molar-refractivity contribution is -0.0203. The van der Waals surface area contributed by atoms with Gasteiger partial charge in [-0.05, 0) is 57.2 Å². The molecule has 1 saturated heterocycles. The van der Waals surface area contributed by atoms with Crippen LogP contribution in [0.1, 0.15) is 104 Å². The van der Waals surface area contributed by atoms with Crippen molar-refractivity contribution in [2.45, 2.75) is 111 Å². The van der Waals surface area contributed by atoms with E-state index in [9.17, 15) is 9.00 Å². The Labute approximate surface area is 260 Å². The van der Waals surface area contributed by atoms with Gasteiger partial charge in [0.25, 0.3) is 5.56 Å². The lowest BCUT2D eigenvalue weighted by Crippen LogP contribution is -2.54. The fourth-order valence-electron chi connectivity index (χ4n) is 3.86. The van der Waals surface area contributed by atoms with Crippen LogP contribution in [0.25, 0.3) is 11.4 Å². The molecule has 0 bridgehead atoms. The van der Waals surface area contributed by atoms with Crippen LogP contribution in [0.15, 0.2) is 27.9 Å². The summed E-state index contributed by atoms with van der Waals surface area (Å²) in [6.45, 7) is 16.3. The minimum absolute atomic E-state index is 0.0132.